The van der Waals surface area contributed by atoms with Crippen LogP contribution >= 0.6 is 0 Å². The highest BCUT2D eigenvalue weighted by molar-refractivity contribution is 5.80. The maximum Gasteiger partial charge on any atom is 0.230 e. The van der Waals surface area contributed by atoms with Gasteiger partial charge in [0.1, 0.15) is 0 Å². The van der Waals surface area contributed by atoms with Crippen LogP contribution in [0.4, 0.5) is 0 Å². The van der Waals surface area contributed by atoms with Gasteiger partial charge in [-0.25, -0.2) is 0 Å². The molecule has 2 aliphatic heterocycles. The number of carbonyl (C=O) groups excluding carboxylic acids is 1. The number of hydrogen-bond acceptors (Lipinski definition) is 3. The maximum atomic E-state index is 11.8. The summed E-state index contributed by atoms with van der Waals surface area (Å²) in [5.74, 6) is 0.449. The van der Waals surface area contributed by atoms with E-state index < -0.39 is 0 Å². The lowest BCUT2D eigenvalue weighted by atomic mass is 9.77. The van der Waals surface area contributed by atoms with Gasteiger partial charge < -0.3 is 15.4 Å². The van der Waals surface area contributed by atoms with Gasteiger partial charge in [-0.15, -0.1) is 0 Å². The van der Waals surface area contributed by atoms with Crippen molar-refractivity contribution in [1.29, 1.82) is 0 Å². The van der Waals surface area contributed by atoms with Crippen molar-refractivity contribution in [2.45, 2.75) is 25.3 Å². The molecule has 0 bridgehead atoms. The largest absolute Gasteiger partial charge is 0.380 e. The molecule has 15 heavy (non-hydrogen) atoms. The summed E-state index contributed by atoms with van der Waals surface area (Å²) in [5.41, 5.74) is 6.30. The molecular formula is C11H18N2O2. The Morgan fingerprint density at radius 3 is 2.60 bits per heavy atom. The molecular weight excluding hydrogens is 192 g/mol. The SMILES string of the molecule is NC1CCC2(C1)CN(C(=O)C1COC1)C2. The first-order chi connectivity index (χ1) is 7.19. The van der Waals surface area contributed by atoms with Crippen LogP contribution < -0.4 is 5.73 Å². The zero-order valence-electron chi connectivity index (χ0n) is 8.95. The second-order valence-corrected chi connectivity index (χ2v) is 5.43. The van der Waals surface area contributed by atoms with Gasteiger partial charge >= 0.3 is 0 Å². The third kappa shape index (κ3) is 1.47. The minimum absolute atomic E-state index is 0.150. The van der Waals surface area contributed by atoms with E-state index in [4.69, 9.17) is 10.5 Å². The molecule has 1 spiro atoms. The summed E-state index contributed by atoms with van der Waals surface area (Å²) < 4.78 is 5.04. The van der Waals surface area contributed by atoms with E-state index in [1.807, 2.05) is 4.90 Å². The lowest BCUT2D eigenvalue weighted by Gasteiger charge is -2.50. The average Bonchev–Trinajstić information content (AvgIpc) is 2.41. The summed E-state index contributed by atoms with van der Waals surface area (Å²) in [4.78, 5) is 13.8. The number of nitrogens with two attached hydrogens (primary N) is 1. The molecule has 1 amide bonds. The van der Waals surface area contributed by atoms with Gasteiger partial charge in [0, 0.05) is 24.5 Å². The Bertz CT molecular complexity index is 282. The van der Waals surface area contributed by atoms with Crippen LogP contribution in [0.15, 0.2) is 0 Å². The van der Waals surface area contributed by atoms with E-state index in [0.717, 1.165) is 25.9 Å². The highest BCUT2D eigenvalue weighted by Gasteiger charge is 2.50. The van der Waals surface area contributed by atoms with Crippen molar-refractivity contribution >= 4 is 5.91 Å². The lowest BCUT2D eigenvalue weighted by molar-refractivity contribution is -0.161. The van der Waals surface area contributed by atoms with Crippen molar-refractivity contribution in [3.63, 3.8) is 0 Å². The molecule has 0 aromatic carbocycles. The molecule has 3 fully saturated rings. The van der Waals surface area contributed by atoms with Gasteiger partial charge in [0.15, 0.2) is 0 Å². The number of ether oxygens (including phenoxy) is 1. The minimum atomic E-state index is 0.150. The summed E-state index contributed by atoms with van der Waals surface area (Å²) in [7, 11) is 0. The minimum Gasteiger partial charge on any atom is -0.380 e. The highest BCUT2D eigenvalue weighted by atomic mass is 16.5. The van der Waals surface area contributed by atoms with Crippen LogP contribution in [0.25, 0.3) is 0 Å². The van der Waals surface area contributed by atoms with Gasteiger partial charge in [-0.2, -0.15) is 0 Å². The summed E-state index contributed by atoms with van der Waals surface area (Å²) in [6.45, 7) is 3.13. The Balaban J connectivity index is 1.54. The molecule has 1 unspecified atom stereocenters. The lowest BCUT2D eigenvalue weighted by Crippen LogP contribution is -2.60. The molecule has 0 radical (unpaired) electrons. The normalized spacial score (nSPS) is 33.9. The Morgan fingerprint density at radius 2 is 2.13 bits per heavy atom. The summed E-state index contributed by atoms with van der Waals surface area (Å²) in [5, 5.41) is 0. The van der Waals surface area contributed by atoms with E-state index >= 15 is 0 Å². The first-order valence-corrected chi connectivity index (χ1v) is 5.81. The molecule has 4 nitrogen and oxygen atoms in total. The first-order valence-electron chi connectivity index (χ1n) is 5.81. The molecule has 1 aliphatic carbocycles. The molecule has 1 saturated carbocycles. The third-order valence-corrected chi connectivity index (χ3v) is 4.09. The van der Waals surface area contributed by atoms with Crippen molar-refractivity contribution < 1.29 is 9.53 Å². The van der Waals surface area contributed by atoms with Crippen LogP contribution in [0, 0.1) is 11.3 Å². The van der Waals surface area contributed by atoms with E-state index in [1.54, 1.807) is 0 Å². The van der Waals surface area contributed by atoms with Gasteiger partial charge in [0.05, 0.1) is 19.1 Å². The number of hydrogen-bond donors (Lipinski definition) is 1. The van der Waals surface area contributed by atoms with Crippen LogP contribution in [0.5, 0.6) is 0 Å². The monoisotopic (exact) mass is 210 g/mol. The van der Waals surface area contributed by atoms with Gasteiger partial charge in [-0.1, -0.05) is 0 Å². The maximum absolute atomic E-state index is 11.8. The molecule has 84 valence electrons. The second-order valence-electron chi connectivity index (χ2n) is 5.43. The fraction of sp³-hybridized carbons (Fsp3) is 0.909. The summed E-state index contributed by atoms with van der Waals surface area (Å²) in [6.07, 6.45) is 3.45. The molecule has 0 aromatic heterocycles. The number of amides is 1. The van der Waals surface area contributed by atoms with Crippen molar-refractivity contribution in [2.24, 2.45) is 17.1 Å². The molecule has 3 aliphatic rings. The van der Waals surface area contributed by atoms with Crippen LogP contribution in [-0.4, -0.2) is 43.2 Å². The molecule has 3 rings (SSSR count). The van der Waals surface area contributed by atoms with Crippen molar-refractivity contribution in [3.05, 3.63) is 0 Å². The summed E-state index contributed by atoms with van der Waals surface area (Å²) >= 11 is 0. The Morgan fingerprint density at radius 1 is 1.40 bits per heavy atom. The number of carbonyl (C=O) groups is 1. The van der Waals surface area contributed by atoms with Crippen LogP contribution in [0.2, 0.25) is 0 Å². The van der Waals surface area contributed by atoms with Crippen molar-refractivity contribution in [2.75, 3.05) is 26.3 Å². The Kier molecular flexibility index (Phi) is 2.04. The fourth-order valence-electron chi connectivity index (χ4n) is 3.09. The van der Waals surface area contributed by atoms with Gasteiger partial charge in [0.25, 0.3) is 0 Å². The van der Waals surface area contributed by atoms with Gasteiger partial charge in [-0.3, -0.25) is 4.79 Å². The molecule has 1 atom stereocenters. The predicted octanol–water partition coefficient (Wildman–Crippen LogP) is -0.0274. The number of rotatable bonds is 1. The average molecular weight is 210 g/mol. The zero-order chi connectivity index (χ0) is 10.5. The van der Waals surface area contributed by atoms with E-state index in [0.29, 0.717) is 30.6 Å². The van der Waals surface area contributed by atoms with E-state index in [9.17, 15) is 4.79 Å². The molecule has 0 aromatic rings. The van der Waals surface area contributed by atoms with E-state index in [1.165, 1.54) is 6.42 Å². The molecule has 2 saturated heterocycles. The quantitative estimate of drug-likeness (QED) is 0.661. The van der Waals surface area contributed by atoms with E-state index in [-0.39, 0.29) is 5.92 Å². The van der Waals surface area contributed by atoms with Crippen molar-refractivity contribution in [1.82, 2.24) is 4.90 Å². The molecule has 2 heterocycles. The van der Waals surface area contributed by atoms with Gasteiger partial charge in [0.2, 0.25) is 5.91 Å². The van der Waals surface area contributed by atoms with Crippen molar-refractivity contribution in [3.8, 4) is 0 Å². The highest BCUT2D eigenvalue weighted by Crippen LogP contribution is 2.45. The molecule has 2 N–H and O–H groups in total. The second kappa shape index (κ2) is 3.19. The first kappa shape index (κ1) is 9.60. The van der Waals surface area contributed by atoms with Crippen LogP contribution in [0.1, 0.15) is 19.3 Å². The summed E-state index contributed by atoms with van der Waals surface area (Å²) in [6, 6.07) is 0.370. The Hall–Kier alpha value is -0.610. The predicted molar refractivity (Wildman–Crippen MR) is 55.1 cm³/mol. The standard InChI is InChI=1S/C11H18N2O2/c12-9-1-2-11(3-9)6-13(7-11)10(14)8-4-15-5-8/h8-9H,1-7,12H2. The van der Waals surface area contributed by atoms with E-state index in [2.05, 4.69) is 0 Å². The smallest absolute Gasteiger partial charge is 0.230 e. The van der Waals surface area contributed by atoms with Crippen LogP contribution in [-0.2, 0) is 9.53 Å². The Labute approximate surface area is 89.7 Å². The van der Waals surface area contributed by atoms with Crippen LogP contribution in [0.3, 0.4) is 0 Å². The zero-order valence-corrected chi connectivity index (χ0v) is 8.95. The van der Waals surface area contributed by atoms with Gasteiger partial charge in [-0.05, 0) is 19.3 Å². The third-order valence-electron chi connectivity index (χ3n) is 4.09. The number of nitrogens with zero attached hydrogens (tertiary/aromatic N) is 1. The number of likely N-dealkylation sites (tertiary alicyclic amines) is 1. The topological polar surface area (TPSA) is 55.6 Å². The fourth-order valence-corrected chi connectivity index (χ4v) is 3.09. The molecule has 4 heteroatoms.